The highest BCUT2D eigenvalue weighted by atomic mass is 16.2. The van der Waals surface area contributed by atoms with E-state index in [9.17, 15) is 4.79 Å². The van der Waals surface area contributed by atoms with E-state index in [1.807, 2.05) is 24.5 Å². The molecule has 5 nitrogen and oxygen atoms in total. The van der Waals surface area contributed by atoms with Crippen molar-refractivity contribution in [1.82, 2.24) is 14.8 Å². The molecule has 1 aromatic carbocycles. The molecule has 0 aliphatic heterocycles. The van der Waals surface area contributed by atoms with Crippen LogP contribution in [0.4, 0.5) is 5.69 Å². The minimum Gasteiger partial charge on any atom is -0.325 e. The lowest BCUT2D eigenvalue weighted by atomic mass is 9.46. The van der Waals surface area contributed by atoms with Crippen molar-refractivity contribution < 1.29 is 4.79 Å². The molecule has 2 aromatic rings. The maximum Gasteiger partial charge on any atom is 0.230 e. The van der Waals surface area contributed by atoms with Gasteiger partial charge in [0.15, 0.2) is 0 Å². The van der Waals surface area contributed by atoms with Crippen LogP contribution in [-0.2, 0) is 16.8 Å². The van der Waals surface area contributed by atoms with Gasteiger partial charge < -0.3 is 5.32 Å². The number of amides is 1. The Hall–Kier alpha value is -2.17. The van der Waals surface area contributed by atoms with Crippen LogP contribution in [0.2, 0.25) is 0 Å². The summed E-state index contributed by atoms with van der Waals surface area (Å²) < 4.78 is 2.06. The Bertz CT molecular complexity index is 814. The summed E-state index contributed by atoms with van der Waals surface area (Å²) in [7, 11) is 0. The van der Waals surface area contributed by atoms with E-state index in [0.717, 1.165) is 44.2 Å². The molecule has 0 unspecified atom stereocenters. The van der Waals surface area contributed by atoms with E-state index in [-0.39, 0.29) is 16.9 Å². The Morgan fingerprint density at radius 1 is 1.23 bits per heavy atom. The summed E-state index contributed by atoms with van der Waals surface area (Å²) in [5.41, 5.74) is 1.92. The number of carbonyl (C=O) groups is 1. The highest BCUT2D eigenvalue weighted by molar-refractivity contribution is 5.96. The number of rotatable bonds is 4. The Balaban J connectivity index is 1.47. The lowest BCUT2D eigenvalue weighted by Gasteiger charge is -2.60. The number of anilines is 1. The number of hydrogen-bond acceptors (Lipinski definition) is 3. The molecule has 4 saturated carbocycles. The third-order valence-electron chi connectivity index (χ3n) is 7.06. The molecule has 4 aliphatic carbocycles. The van der Waals surface area contributed by atoms with E-state index in [1.165, 1.54) is 12.0 Å². The van der Waals surface area contributed by atoms with Crippen molar-refractivity contribution in [1.29, 1.82) is 0 Å². The van der Waals surface area contributed by atoms with Crippen LogP contribution in [0.15, 0.2) is 36.9 Å². The smallest absolute Gasteiger partial charge is 0.230 e. The quantitative estimate of drug-likeness (QED) is 0.913. The number of hydrogen-bond donors (Lipinski definition) is 1. The summed E-state index contributed by atoms with van der Waals surface area (Å²) in [6.45, 7) is 2.13. The number of para-hydroxylation sites is 1. The van der Waals surface area contributed by atoms with Gasteiger partial charge in [-0.25, -0.2) is 9.67 Å². The molecule has 4 aliphatic rings. The average Bonchev–Trinajstić information content (AvgIpc) is 3.16. The number of aromatic nitrogens is 3. The molecule has 2 atom stereocenters. The first kappa shape index (κ1) is 16.0. The van der Waals surface area contributed by atoms with Crippen molar-refractivity contribution in [2.75, 3.05) is 5.32 Å². The van der Waals surface area contributed by atoms with Crippen LogP contribution in [0.3, 0.4) is 0 Å². The Labute approximate surface area is 154 Å². The largest absolute Gasteiger partial charge is 0.325 e. The first-order valence-electron chi connectivity index (χ1n) is 9.87. The standard InChI is InChI=1S/C21H26N4O/c1-2-17-5-3-4-6-18(17)24-19(26)20-8-15-7-16(9-20)11-21(10-15,12-20)25-14-22-13-23-25/h3-6,13-16H,2,7-12H2,1H3,(H,24,26)/t15-,16-,20?,21?/m0/s1. The Morgan fingerprint density at radius 3 is 2.69 bits per heavy atom. The fourth-order valence-electron chi connectivity index (χ4n) is 6.41. The first-order valence-corrected chi connectivity index (χ1v) is 9.87. The van der Waals surface area contributed by atoms with Gasteiger partial charge in [0.1, 0.15) is 12.7 Å². The van der Waals surface area contributed by atoms with Crippen molar-refractivity contribution >= 4 is 11.6 Å². The van der Waals surface area contributed by atoms with Crippen LogP contribution in [0.1, 0.15) is 51.0 Å². The molecule has 26 heavy (non-hydrogen) atoms. The van der Waals surface area contributed by atoms with Gasteiger partial charge in [-0.15, -0.1) is 0 Å². The second kappa shape index (κ2) is 5.66. The minimum atomic E-state index is -0.253. The fourth-order valence-corrected chi connectivity index (χ4v) is 6.41. The van der Waals surface area contributed by atoms with Crippen molar-refractivity contribution in [2.24, 2.45) is 17.3 Å². The van der Waals surface area contributed by atoms with E-state index in [2.05, 4.69) is 33.1 Å². The predicted octanol–water partition coefficient (Wildman–Crippen LogP) is 3.77. The maximum absolute atomic E-state index is 13.5. The summed E-state index contributed by atoms with van der Waals surface area (Å²) in [5, 5.41) is 7.78. The van der Waals surface area contributed by atoms with Gasteiger partial charge >= 0.3 is 0 Å². The second-order valence-corrected chi connectivity index (χ2v) is 8.77. The van der Waals surface area contributed by atoms with Gasteiger partial charge in [0, 0.05) is 5.69 Å². The molecule has 136 valence electrons. The molecule has 4 bridgehead atoms. The SMILES string of the molecule is CCc1ccccc1NC(=O)C12C[C@@H]3C[C@@H](C1)CC(n1cncn1)(C3)C2. The number of nitrogens with one attached hydrogen (secondary N) is 1. The zero-order valence-corrected chi connectivity index (χ0v) is 15.3. The lowest BCUT2D eigenvalue weighted by molar-refractivity contribution is -0.150. The van der Waals surface area contributed by atoms with Gasteiger partial charge in [0.25, 0.3) is 0 Å². The fraction of sp³-hybridized carbons (Fsp3) is 0.571. The van der Waals surface area contributed by atoms with E-state index in [0.29, 0.717) is 11.8 Å². The molecule has 6 rings (SSSR count). The normalized spacial score (nSPS) is 34.8. The number of benzene rings is 1. The highest BCUT2D eigenvalue weighted by Gasteiger charge is 2.61. The van der Waals surface area contributed by atoms with Crippen molar-refractivity contribution in [3.63, 3.8) is 0 Å². The van der Waals surface area contributed by atoms with Gasteiger partial charge in [-0.05, 0) is 68.4 Å². The van der Waals surface area contributed by atoms with Crippen molar-refractivity contribution in [2.45, 2.75) is 57.4 Å². The van der Waals surface area contributed by atoms with Crippen LogP contribution < -0.4 is 5.32 Å². The molecule has 4 fully saturated rings. The van der Waals surface area contributed by atoms with E-state index in [4.69, 9.17) is 0 Å². The maximum atomic E-state index is 13.5. The molecule has 1 heterocycles. The topological polar surface area (TPSA) is 59.8 Å². The number of aryl methyl sites for hydroxylation is 1. The molecular formula is C21H26N4O. The van der Waals surface area contributed by atoms with Crippen LogP contribution >= 0.6 is 0 Å². The molecule has 0 saturated heterocycles. The summed E-state index contributed by atoms with van der Waals surface area (Å²) >= 11 is 0. The Kier molecular flexibility index (Phi) is 3.49. The second-order valence-electron chi connectivity index (χ2n) is 8.77. The summed E-state index contributed by atoms with van der Waals surface area (Å²) in [6.07, 6.45) is 10.9. The van der Waals surface area contributed by atoms with Crippen LogP contribution in [-0.4, -0.2) is 20.7 Å². The van der Waals surface area contributed by atoms with Crippen LogP contribution in [0.25, 0.3) is 0 Å². The molecule has 0 spiro atoms. The van der Waals surface area contributed by atoms with Gasteiger partial charge in [-0.3, -0.25) is 4.79 Å². The van der Waals surface area contributed by atoms with Crippen LogP contribution in [0.5, 0.6) is 0 Å². The van der Waals surface area contributed by atoms with Crippen LogP contribution in [0, 0.1) is 17.3 Å². The molecule has 0 radical (unpaired) electrons. The summed E-state index contributed by atoms with van der Waals surface area (Å²) in [4.78, 5) is 17.7. The predicted molar refractivity (Wildman–Crippen MR) is 99.6 cm³/mol. The number of nitrogens with zero attached hydrogens (tertiary/aromatic N) is 3. The van der Waals surface area contributed by atoms with Gasteiger partial charge in [0.05, 0.1) is 11.0 Å². The Morgan fingerprint density at radius 2 is 2.00 bits per heavy atom. The van der Waals surface area contributed by atoms with Gasteiger partial charge in [-0.1, -0.05) is 25.1 Å². The van der Waals surface area contributed by atoms with Crippen molar-refractivity contribution in [3.8, 4) is 0 Å². The van der Waals surface area contributed by atoms with E-state index < -0.39 is 0 Å². The minimum absolute atomic E-state index is 0.0117. The monoisotopic (exact) mass is 350 g/mol. The highest BCUT2D eigenvalue weighted by Crippen LogP contribution is 2.64. The molecule has 1 amide bonds. The van der Waals surface area contributed by atoms with E-state index in [1.54, 1.807) is 6.33 Å². The molecule has 5 heteroatoms. The number of carbonyl (C=O) groups excluding carboxylic acids is 1. The zero-order chi connectivity index (χ0) is 17.8. The summed E-state index contributed by atoms with van der Waals surface area (Å²) in [5.74, 6) is 1.48. The zero-order valence-electron chi connectivity index (χ0n) is 15.3. The third-order valence-corrected chi connectivity index (χ3v) is 7.06. The van der Waals surface area contributed by atoms with Gasteiger partial charge in [-0.2, -0.15) is 5.10 Å². The van der Waals surface area contributed by atoms with Crippen molar-refractivity contribution in [3.05, 3.63) is 42.5 Å². The summed E-state index contributed by atoms with van der Waals surface area (Å²) in [6, 6.07) is 8.18. The third kappa shape index (κ3) is 2.32. The van der Waals surface area contributed by atoms with E-state index >= 15 is 0 Å². The lowest BCUT2D eigenvalue weighted by Crippen LogP contribution is -2.60. The molecular weight excluding hydrogens is 324 g/mol. The first-order chi connectivity index (χ1) is 12.6. The molecule has 1 N–H and O–H groups in total. The molecule has 1 aromatic heterocycles. The average molecular weight is 350 g/mol. The van der Waals surface area contributed by atoms with Gasteiger partial charge in [0.2, 0.25) is 5.91 Å².